The summed E-state index contributed by atoms with van der Waals surface area (Å²) in [6, 6.07) is -0.0969. The van der Waals surface area contributed by atoms with Gasteiger partial charge in [-0.2, -0.15) is 0 Å². The number of carbonyl (C=O) groups is 1. The molecule has 1 amide bonds. The molecule has 0 aromatic carbocycles. The summed E-state index contributed by atoms with van der Waals surface area (Å²) in [4.78, 5) is 13.3. The van der Waals surface area contributed by atoms with Gasteiger partial charge in [-0.25, -0.2) is 0 Å². The van der Waals surface area contributed by atoms with Crippen LogP contribution in [0, 0.1) is 0 Å². The van der Waals surface area contributed by atoms with Crippen LogP contribution in [0.15, 0.2) is 0 Å². The number of nitrogens with zero attached hydrogens (tertiary/aromatic N) is 1. The first-order valence-corrected chi connectivity index (χ1v) is 4.99. The van der Waals surface area contributed by atoms with Gasteiger partial charge in [-0.15, -0.1) is 0 Å². The number of carbonyl (C=O) groups excluding carboxylic acids is 1. The predicted molar refractivity (Wildman–Crippen MR) is 52.3 cm³/mol. The molecule has 1 atom stereocenters. The van der Waals surface area contributed by atoms with E-state index in [1.807, 2.05) is 0 Å². The lowest BCUT2D eigenvalue weighted by molar-refractivity contribution is -0.123. The van der Waals surface area contributed by atoms with Gasteiger partial charge in [0.25, 0.3) is 0 Å². The van der Waals surface area contributed by atoms with Gasteiger partial charge in [0.1, 0.15) is 6.04 Å². The van der Waals surface area contributed by atoms with Gasteiger partial charge in [0, 0.05) is 19.6 Å². The van der Waals surface area contributed by atoms with Crippen molar-refractivity contribution in [3.05, 3.63) is 0 Å². The molecule has 0 aromatic rings. The Morgan fingerprint density at radius 1 is 1.69 bits per heavy atom. The average molecular weight is 185 g/mol. The molecule has 1 saturated heterocycles. The van der Waals surface area contributed by atoms with Crippen molar-refractivity contribution >= 4 is 5.91 Å². The zero-order valence-corrected chi connectivity index (χ0v) is 8.25. The Balaban J connectivity index is 2.41. The smallest absolute Gasteiger partial charge is 0.236 e. The van der Waals surface area contributed by atoms with Crippen LogP contribution < -0.4 is 11.1 Å². The molecule has 0 saturated carbocycles. The second-order valence-corrected chi connectivity index (χ2v) is 3.51. The molecule has 1 fully saturated rings. The van der Waals surface area contributed by atoms with E-state index in [1.54, 1.807) is 0 Å². The lowest BCUT2D eigenvalue weighted by Crippen LogP contribution is -2.56. The molecule has 1 aliphatic heterocycles. The molecule has 1 heterocycles. The molecular formula is C9H19N3O. The van der Waals surface area contributed by atoms with Gasteiger partial charge in [-0.3, -0.25) is 9.69 Å². The zero-order valence-electron chi connectivity index (χ0n) is 8.25. The molecule has 4 heteroatoms. The van der Waals surface area contributed by atoms with Crippen molar-refractivity contribution in [3.63, 3.8) is 0 Å². The lowest BCUT2D eigenvalue weighted by Gasteiger charge is -2.33. The number of primary amides is 1. The van der Waals surface area contributed by atoms with Crippen molar-refractivity contribution in [1.29, 1.82) is 0 Å². The summed E-state index contributed by atoms with van der Waals surface area (Å²) >= 11 is 0. The monoisotopic (exact) mass is 185 g/mol. The van der Waals surface area contributed by atoms with Gasteiger partial charge < -0.3 is 11.1 Å². The minimum absolute atomic E-state index is 0.0969. The second-order valence-electron chi connectivity index (χ2n) is 3.51. The maximum absolute atomic E-state index is 11.1. The Morgan fingerprint density at radius 2 is 2.46 bits per heavy atom. The van der Waals surface area contributed by atoms with Crippen molar-refractivity contribution in [2.24, 2.45) is 5.73 Å². The molecule has 0 radical (unpaired) electrons. The molecule has 76 valence electrons. The Hall–Kier alpha value is -0.610. The number of rotatable bonds is 4. The fourth-order valence-corrected chi connectivity index (χ4v) is 1.66. The molecule has 1 aliphatic rings. The fourth-order valence-electron chi connectivity index (χ4n) is 1.66. The Bertz CT molecular complexity index is 172. The van der Waals surface area contributed by atoms with Gasteiger partial charge in [0.15, 0.2) is 0 Å². The quantitative estimate of drug-likeness (QED) is 0.623. The molecule has 4 nitrogen and oxygen atoms in total. The second kappa shape index (κ2) is 5.19. The summed E-state index contributed by atoms with van der Waals surface area (Å²) in [7, 11) is 0. The summed E-state index contributed by atoms with van der Waals surface area (Å²) in [5, 5.41) is 3.18. The van der Waals surface area contributed by atoms with E-state index >= 15 is 0 Å². The van der Waals surface area contributed by atoms with Gasteiger partial charge in [0.05, 0.1) is 0 Å². The summed E-state index contributed by atoms with van der Waals surface area (Å²) in [5.41, 5.74) is 5.31. The van der Waals surface area contributed by atoms with Gasteiger partial charge >= 0.3 is 0 Å². The van der Waals surface area contributed by atoms with E-state index in [-0.39, 0.29) is 11.9 Å². The first-order chi connectivity index (χ1) is 6.25. The third-order valence-electron chi connectivity index (χ3n) is 2.48. The van der Waals surface area contributed by atoms with Crippen LogP contribution in [0.25, 0.3) is 0 Å². The highest BCUT2D eigenvalue weighted by Gasteiger charge is 2.25. The van der Waals surface area contributed by atoms with E-state index in [2.05, 4.69) is 17.1 Å². The highest BCUT2D eigenvalue weighted by molar-refractivity contribution is 5.80. The Kier molecular flexibility index (Phi) is 4.18. The first kappa shape index (κ1) is 10.5. The van der Waals surface area contributed by atoms with Crippen LogP contribution in [0.5, 0.6) is 0 Å². The molecule has 0 aliphatic carbocycles. The maximum atomic E-state index is 11.1. The SMILES string of the molecule is CCCCN1CCNC[C@H]1C(N)=O. The van der Waals surface area contributed by atoms with Gasteiger partial charge in [0.2, 0.25) is 5.91 Å². The summed E-state index contributed by atoms with van der Waals surface area (Å²) in [6.45, 7) is 5.76. The minimum atomic E-state index is -0.205. The molecule has 0 bridgehead atoms. The molecule has 1 rings (SSSR count). The summed E-state index contributed by atoms with van der Waals surface area (Å²) < 4.78 is 0. The number of nitrogens with one attached hydrogen (secondary N) is 1. The van der Waals surface area contributed by atoms with E-state index in [0.29, 0.717) is 6.54 Å². The van der Waals surface area contributed by atoms with E-state index < -0.39 is 0 Å². The first-order valence-electron chi connectivity index (χ1n) is 4.99. The Labute approximate surface area is 79.5 Å². The number of nitrogens with two attached hydrogens (primary N) is 1. The highest BCUT2D eigenvalue weighted by atomic mass is 16.1. The van der Waals surface area contributed by atoms with Crippen molar-refractivity contribution in [2.75, 3.05) is 26.2 Å². The van der Waals surface area contributed by atoms with Crippen molar-refractivity contribution in [1.82, 2.24) is 10.2 Å². The molecule has 0 aromatic heterocycles. The molecule has 13 heavy (non-hydrogen) atoms. The van der Waals surface area contributed by atoms with Crippen molar-refractivity contribution in [3.8, 4) is 0 Å². The topological polar surface area (TPSA) is 58.4 Å². The molecular weight excluding hydrogens is 166 g/mol. The number of piperazine rings is 1. The number of hydrogen-bond acceptors (Lipinski definition) is 3. The van der Waals surface area contributed by atoms with Crippen molar-refractivity contribution in [2.45, 2.75) is 25.8 Å². The van der Waals surface area contributed by atoms with E-state index in [4.69, 9.17) is 5.73 Å². The van der Waals surface area contributed by atoms with Crippen LogP contribution >= 0.6 is 0 Å². The largest absolute Gasteiger partial charge is 0.368 e. The summed E-state index contributed by atoms with van der Waals surface area (Å²) in [6.07, 6.45) is 2.30. The van der Waals surface area contributed by atoms with Crippen molar-refractivity contribution < 1.29 is 4.79 Å². The average Bonchev–Trinajstić information content (AvgIpc) is 2.15. The van der Waals surface area contributed by atoms with Crippen LogP contribution in [-0.2, 0) is 4.79 Å². The van der Waals surface area contributed by atoms with Gasteiger partial charge in [-0.1, -0.05) is 13.3 Å². The number of amides is 1. The molecule has 3 N–H and O–H groups in total. The van der Waals surface area contributed by atoms with Gasteiger partial charge in [-0.05, 0) is 13.0 Å². The van der Waals surface area contributed by atoms with Crippen LogP contribution in [-0.4, -0.2) is 43.0 Å². The van der Waals surface area contributed by atoms with E-state index in [9.17, 15) is 4.79 Å². The molecule has 0 unspecified atom stereocenters. The third-order valence-corrected chi connectivity index (χ3v) is 2.48. The van der Waals surface area contributed by atoms with E-state index in [1.165, 1.54) is 0 Å². The number of unbranched alkanes of at least 4 members (excludes halogenated alkanes) is 1. The molecule has 0 spiro atoms. The van der Waals surface area contributed by atoms with Crippen LogP contribution in [0.4, 0.5) is 0 Å². The maximum Gasteiger partial charge on any atom is 0.236 e. The van der Waals surface area contributed by atoms with E-state index in [0.717, 1.165) is 32.5 Å². The fraction of sp³-hybridized carbons (Fsp3) is 0.889. The number of hydrogen-bond donors (Lipinski definition) is 2. The van der Waals surface area contributed by atoms with Crippen LogP contribution in [0.3, 0.4) is 0 Å². The van der Waals surface area contributed by atoms with Crippen LogP contribution in [0.1, 0.15) is 19.8 Å². The summed E-state index contributed by atoms with van der Waals surface area (Å²) in [5.74, 6) is -0.205. The lowest BCUT2D eigenvalue weighted by atomic mass is 10.1. The third kappa shape index (κ3) is 2.97. The predicted octanol–water partition coefficient (Wildman–Crippen LogP) is -0.454. The minimum Gasteiger partial charge on any atom is -0.368 e. The Morgan fingerprint density at radius 3 is 3.08 bits per heavy atom. The zero-order chi connectivity index (χ0) is 9.68. The normalized spacial score (nSPS) is 24.5. The standard InChI is InChI=1S/C9H19N3O/c1-2-3-5-12-6-4-11-7-8(12)9(10)13/h8,11H,2-7H2,1H3,(H2,10,13)/t8-/m0/s1. The highest BCUT2D eigenvalue weighted by Crippen LogP contribution is 2.04. The van der Waals surface area contributed by atoms with Crippen LogP contribution in [0.2, 0.25) is 0 Å².